The Kier molecular flexibility index (Phi) is 5.07. The number of ether oxygens (including phenoxy) is 2. The number of hydrogen-bond donors (Lipinski definition) is 2. The SMILES string of the molecule is COc1ccc(CCN2C(=O)C[C@H](Nc3ccc4c(c3)NC(=O)CO4)C2=O)cc1. The van der Waals surface area contributed by atoms with E-state index in [9.17, 15) is 14.4 Å². The lowest BCUT2D eigenvalue weighted by atomic mass is 10.1. The van der Waals surface area contributed by atoms with Crippen LogP contribution in [0.1, 0.15) is 12.0 Å². The number of fused-ring (bicyclic) bond motifs is 1. The van der Waals surface area contributed by atoms with Gasteiger partial charge in [0, 0.05) is 12.2 Å². The summed E-state index contributed by atoms with van der Waals surface area (Å²) in [6.07, 6.45) is 0.678. The highest BCUT2D eigenvalue weighted by Crippen LogP contribution is 2.31. The zero-order chi connectivity index (χ0) is 20.4. The van der Waals surface area contributed by atoms with E-state index in [1.165, 1.54) is 4.90 Å². The molecule has 4 rings (SSSR count). The molecule has 2 aliphatic heterocycles. The van der Waals surface area contributed by atoms with Gasteiger partial charge in [-0.25, -0.2) is 0 Å². The Morgan fingerprint density at radius 1 is 1.17 bits per heavy atom. The minimum Gasteiger partial charge on any atom is -0.497 e. The Morgan fingerprint density at radius 3 is 2.72 bits per heavy atom. The molecule has 0 unspecified atom stereocenters. The van der Waals surface area contributed by atoms with Gasteiger partial charge in [0.05, 0.1) is 19.2 Å². The highest BCUT2D eigenvalue weighted by molar-refractivity contribution is 6.07. The monoisotopic (exact) mass is 395 g/mol. The normalized spacial score (nSPS) is 18.2. The van der Waals surface area contributed by atoms with Crippen LogP contribution in [0.4, 0.5) is 11.4 Å². The van der Waals surface area contributed by atoms with Crippen molar-refractivity contribution in [3.05, 3.63) is 48.0 Å². The number of amides is 3. The second-order valence-electron chi connectivity index (χ2n) is 6.93. The maximum absolute atomic E-state index is 12.7. The lowest BCUT2D eigenvalue weighted by Gasteiger charge is -2.20. The summed E-state index contributed by atoms with van der Waals surface area (Å²) >= 11 is 0. The Balaban J connectivity index is 1.39. The lowest BCUT2D eigenvalue weighted by molar-refractivity contribution is -0.138. The van der Waals surface area contributed by atoms with Crippen molar-refractivity contribution in [2.75, 3.05) is 30.9 Å². The van der Waals surface area contributed by atoms with E-state index in [1.54, 1.807) is 25.3 Å². The fourth-order valence-corrected chi connectivity index (χ4v) is 3.44. The standard InChI is InChI=1S/C21H21N3O5/c1-28-15-5-2-13(3-6-15)8-9-24-20(26)11-17(21(24)27)22-14-4-7-18-16(10-14)23-19(25)12-29-18/h2-7,10,17,22H,8-9,11-12H2,1H3,(H,23,25)/t17-/m0/s1. The molecule has 2 N–H and O–H groups in total. The van der Waals surface area contributed by atoms with Gasteiger partial charge in [0.25, 0.3) is 11.8 Å². The first-order chi connectivity index (χ1) is 14.0. The van der Waals surface area contributed by atoms with E-state index in [0.29, 0.717) is 30.1 Å². The number of nitrogens with one attached hydrogen (secondary N) is 2. The van der Waals surface area contributed by atoms with Crippen LogP contribution in [-0.4, -0.2) is 48.9 Å². The van der Waals surface area contributed by atoms with E-state index >= 15 is 0 Å². The molecule has 8 nitrogen and oxygen atoms in total. The number of benzene rings is 2. The number of likely N-dealkylation sites (tertiary alicyclic amines) is 1. The van der Waals surface area contributed by atoms with Gasteiger partial charge in [0.1, 0.15) is 17.5 Å². The zero-order valence-electron chi connectivity index (χ0n) is 15.9. The highest BCUT2D eigenvalue weighted by atomic mass is 16.5. The molecule has 0 bridgehead atoms. The van der Waals surface area contributed by atoms with Crippen LogP contribution < -0.4 is 20.1 Å². The fourth-order valence-electron chi connectivity index (χ4n) is 3.44. The highest BCUT2D eigenvalue weighted by Gasteiger charge is 2.38. The van der Waals surface area contributed by atoms with Gasteiger partial charge in [0.15, 0.2) is 6.61 Å². The van der Waals surface area contributed by atoms with Crippen LogP contribution in [0.15, 0.2) is 42.5 Å². The Morgan fingerprint density at radius 2 is 1.97 bits per heavy atom. The average molecular weight is 395 g/mol. The number of anilines is 2. The first-order valence-corrected chi connectivity index (χ1v) is 9.34. The minimum atomic E-state index is -0.628. The molecule has 29 heavy (non-hydrogen) atoms. The summed E-state index contributed by atoms with van der Waals surface area (Å²) < 4.78 is 10.5. The molecule has 0 aromatic heterocycles. The van der Waals surface area contributed by atoms with Gasteiger partial charge >= 0.3 is 0 Å². The van der Waals surface area contributed by atoms with Crippen LogP contribution in [0.25, 0.3) is 0 Å². The van der Waals surface area contributed by atoms with Crippen molar-refractivity contribution in [1.29, 1.82) is 0 Å². The summed E-state index contributed by atoms with van der Waals surface area (Å²) in [4.78, 5) is 37.8. The molecule has 8 heteroatoms. The third-order valence-electron chi connectivity index (χ3n) is 4.98. The van der Waals surface area contributed by atoms with Gasteiger partial charge in [0.2, 0.25) is 5.91 Å². The predicted molar refractivity (Wildman–Crippen MR) is 106 cm³/mol. The van der Waals surface area contributed by atoms with E-state index < -0.39 is 6.04 Å². The Labute approximate surface area is 167 Å². The zero-order valence-corrected chi connectivity index (χ0v) is 15.9. The lowest BCUT2D eigenvalue weighted by Crippen LogP contribution is -2.36. The van der Waals surface area contributed by atoms with E-state index in [-0.39, 0.29) is 30.7 Å². The molecule has 1 fully saturated rings. The van der Waals surface area contributed by atoms with Crippen LogP contribution in [-0.2, 0) is 20.8 Å². The maximum Gasteiger partial charge on any atom is 0.262 e. The third kappa shape index (κ3) is 4.01. The Bertz CT molecular complexity index is 957. The Hall–Kier alpha value is -3.55. The van der Waals surface area contributed by atoms with Crippen molar-refractivity contribution in [2.45, 2.75) is 18.9 Å². The van der Waals surface area contributed by atoms with Crippen LogP contribution in [0.2, 0.25) is 0 Å². The summed E-state index contributed by atoms with van der Waals surface area (Å²) in [6.45, 7) is 0.314. The summed E-state index contributed by atoms with van der Waals surface area (Å²) in [6, 6.07) is 12.1. The molecule has 2 heterocycles. The number of methoxy groups -OCH3 is 1. The molecule has 3 amide bonds. The second-order valence-corrected chi connectivity index (χ2v) is 6.93. The minimum absolute atomic E-state index is 0.0153. The average Bonchev–Trinajstić information content (AvgIpc) is 2.99. The van der Waals surface area contributed by atoms with Crippen molar-refractivity contribution >= 4 is 29.1 Å². The summed E-state index contributed by atoms with van der Waals surface area (Å²) in [7, 11) is 1.60. The summed E-state index contributed by atoms with van der Waals surface area (Å²) in [5.41, 5.74) is 2.20. The molecule has 0 saturated carbocycles. The molecule has 1 saturated heterocycles. The number of rotatable bonds is 6. The molecule has 150 valence electrons. The van der Waals surface area contributed by atoms with Gasteiger partial charge in [-0.15, -0.1) is 0 Å². The van der Waals surface area contributed by atoms with Crippen molar-refractivity contribution in [1.82, 2.24) is 4.90 Å². The molecular weight excluding hydrogens is 374 g/mol. The summed E-state index contributed by atoms with van der Waals surface area (Å²) in [5.74, 6) is 0.659. The van der Waals surface area contributed by atoms with E-state index in [2.05, 4.69) is 10.6 Å². The number of hydrogen-bond acceptors (Lipinski definition) is 6. The number of carbonyl (C=O) groups is 3. The largest absolute Gasteiger partial charge is 0.497 e. The van der Waals surface area contributed by atoms with Crippen molar-refractivity contribution in [2.24, 2.45) is 0 Å². The quantitative estimate of drug-likeness (QED) is 0.724. The first-order valence-electron chi connectivity index (χ1n) is 9.34. The van der Waals surface area contributed by atoms with Crippen LogP contribution in [0.5, 0.6) is 11.5 Å². The molecular formula is C21H21N3O5. The molecule has 2 aromatic rings. The summed E-state index contributed by atoms with van der Waals surface area (Å²) in [5, 5.41) is 5.82. The van der Waals surface area contributed by atoms with Gasteiger partial charge < -0.3 is 20.1 Å². The molecule has 0 spiro atoms. The third-order valence-corrected chi connectivity index (χ3v) is 4.98. The van der Waals surface area contributed by atoms with Gasteiger partial charge in [-0.1, -0.05) is 12.1 Å². The van der Waals surface area contributed by atoms with Gasteiger partial charge in [-0.2, -0.15) is 0 Å². The fraction of sp³-hybridized carbons (Fsp3) is 0.286. The van der Waals surface area contributed by atoms with Gasteiger partial charge in [-0.05, 0) is 42.3 Å². The number of nitrogens with zero attached hydrogens (tertiary/aromatic N) is 1. The smallest absolute Gasteiger partial charge is 0.262 e. The topological polar surface area (TPSA) is 97.0 Å². The first kappa shape index (κ1) is 18.8. The number of imide groups is 1. The number of carbonyl (C=O) groups excluding carboxylic acids is 3. The van der Waals surface area contributed by atoms with Crippen LogP contribution in [0.3, 0.4) is 0 Å². The molecule has 1 atom stereocenters. The van der Waals surface area contributed by atoms with Crippen molar-refractivity contribution in [3.63, 3.8) is 0 Å². The molecule has 0 radical (unpaired) electrons. The van der Waals surface area contributed by atoms with Gasteiger partial charge in [-0.3, -0.25) is 19.3 Å². The van der Waals surface area contributed by atoms with Crippen molar-refractivity contribution in [3.8, 4) is 11.5 Å². The molecule has 0 aliphatic carbocycles. The van der Waals surface area contributed by atoms with E-state index in [4.69, 9.17) is 9.47 Å². The predicted octanol–water partition coefficient (Wildman–Crippen LogP) is 1.81. The van der Waals surface area contributed by atoms with E-state index in [0.717, 1.165) is 11.3 Å². The molecule has 2 aliphatic rings. The van der Waals surface area contributed by atoms with Crippen LogP contribution in [0, 0.1) is 0 Å². The molecule has 2 aromatic carbocycles. The second kappa shape index (κ2) is 7.83. The van der Waals surface area contributed by atoms with E-state index in [1.807, 2.05) is 24.3 Å². The van der Waals surface area contributed by atoms with Crippen LogP contribution >= 0.6 is 0 Å². The van der Waals surface area contributed by atoms with Crippen molar-refractivity contribution < 1.29 is 23.9 Å². The maximum atomic E-state index is 12.7.